The molecule has 98 valence electrons. The lowest BCUT2D eigenvalue weighted by molar-refractivity contribution is -0.119. The highest BCUT2D eigenvalue weighted by Crippen LogP contribution is 2.26. The van der Waals surface area contributed by atoms with E-state index in [1.165, 1.54) is 12.1 Å². The number of piperidine rings is 1. The van der Waals surface area contributed by atoms with Gasteiger partial charge in [0.2, 0.25) is 5.91 Å². The van der Waals surface area contributed by atoms with Crippen LogP contribution in [-0.4, -0.2) is 30.9 Å². The lowest BCUT2D eigenvalue weighted by Crippen LogP contribution is -2.50. The number of hydrogen-bond acceptors (Lipinski definition) is 2. The third-order valence-corrected chi connectivity index (χ3v) is 3.47. The predicted molar refractivity (Wildman–Crippen MR) is 69.3 cm³/mol. The third-order valence-electron chi connectivity index (χ3n) is 3.23. The van der Waals surface area contributed by atoms with Crippen LogP contribution >= 0.6 is 11.6 Å². The van der Waals surface area contributed by atoms with Crippen LogP contribution in [0.3, 0.4) is 0 Å². The molecule has 18 heavy (non-hydrogen) atoms. The van der Waals surface area contributed by atoms with E-state index in [-0.39, 0.29) is 29.6 Å². The van der Waals surface area contributed by atoms with Gasteiger partial charge < -0.3 is 10.6 Å². The first-order valence-electron chi connectivity index (χ1n) is 6.02. The van der Waals surface area contributed by atoms with Crippen molar-refractivity contribution in [1.29, 1.82) is 0 Å². The van der Waals surface area contributed by atoms with E-state index in [2.05, 4.69) is 10.6 Å². The molecule has 5 heteroatoms. The van der Waals surface area contributed by atoms with Gasteiger partial charge in [-0.05, 0) is 30.7 Å². The smallest absolute Gasteiger partial charge is 0.235 e. The number of alkyl halides is 1. The van der Waals surface area contributed by atoms with E-state index in [0.717, 1.165) is 18.5 Å². The van der Waals surface area contributed by atoms with Crippen molar-refractivity contribution in [3.8, 4) is 0 Å². The first-order valence-corrected chi connectivity index (χ1v) is 6.55. The summed E-state index contributed by atoms with van der Waals surface area (Å²) in [5.74, 6) is -0.346. The molecular formula is C13H16ClFN2O. The third kappa shape index (κ3) is 3.21. The number of amides is 1. The average molecular weight is 271 g/mol. The van der Waals surface area contributed by atoms with Crippen molar-refractivity contribution in [2.75, 3.05) is 19.0 Å². The SMILES string of the molecule is O=C(CCl)NC1CNCCC1c1cccc(F)c1. The normalized spacial score (nSPS) is 23.7. The standard InChI is InChI=1S/C13H16ClFN2O/c14-7-13(18)17-12-8-16-5-4-11(12)9-2-1-3-10(15)6-9/h1-3,6,11-12,16H,4-5,7-8H2,(H,17,18). The minimum absolute atomic E-state index is 0.0354. The minimum Gasteiger partial charge on any atom is -0.350 e. The molecule has 1 aliphatic heterocycles. The van der Waals surface area contributed by atoms with Crippen LogP contribution in [0.15, 0.2) is 24.3 Å². The maximum Gasteiger partial charge on any atom is 0.235 e. The highest BCUT2D eigenvalue weighted by Gasteiger charge is 2.27. The molecule has 2 atom stereocenters. The summed E-state index contributed by atoms with van der Waals surface area (Å²) in [7, 11) is 0. The van der Waals surface area contributed by atoms with Crippen LogP contribution in [-0.2, 0) is 4.79 Å². The Morgan fingerprint density at radius 2 is 2.39 bits per heavy atom. The second-order valence-electron chi connectivity index (χ2n) is 4.46. The lowest BCUT2D eigenvalue weighted by atomic mass is 9.86. The molecule has 0 saturated carbocycles. The van der Waals surface area contributed by atoms with Gasteiger partial charge >= 0.3 is 0 Å². The van der Waals surface area contributed by atoms with Crippen LogP contribution in [0.25, 0.3) is 0 Å². The van der Waals surface area contributed by atoms with Crippen molar-refractivity contribution in [3.63, 3.8) is 0 Å². The van der Waals surface area contributed by atoms with Gasteiger partial charge in [0.25, 0.3) is 0 Å². The molecule has 0 aliphatic carbocycles. The molecule has 1 amide bonds. The van der Waals surface area contributed by atoms with Crippen LogP contribution in [0.1, 0.15) is 17.9 Å². The summed E-state index contributed by atoms with van der Waals surface area (Å²) in [5, 5.41) is 6.11. The zero-order valence-electron chi connectivity index (χ0n) is 9.96. The van der Waals surface area contributed by atoms with E-state index >= 15 is 0 Å². The lowest BCUT2D eigenvalue weighted by Gasteiger charge is -2.33. The van der Waals surface area contributed by atoms with Crippen LogP contribution in [0, 0.1) is 5.82 Å². The summed E-state index contributed by atoms with van der Waals surface area (Å²) in [5.41, 5.74) is 0.927. The highest BCUT2D eigenvalue weighted by atomic mass is 35.5. The zero-order valence-corrected chi connectivity index (χ0v) is 10.7. The predicted octanol–water partition coefficient (Wildman–Crippen LogP) is 1.63. The molecule has 0 aromatic heterocycles. The first kappa shape index (κ1) is 13.3. The summed E-state index contributed by atoms with van der Waals surface area (Å²) < 4.78 is 13.3. The monoisotopic (exact) mass is 270 g/mol. The fourth-order valence-corrected chi connectivity index (χ4v) is 2.47. The van der Waals surface area contributed by atoms with Crippen molar-refractivity contribution >= 4 is 17.5 Å². The number of benzene rings is 1. The van der Waals surface area contributed by atoms with Crippen LogP contribution in [0.5, 0.6) is 0 Å². The number of carbonyl (C=O) groups is 1. The first-order chi connectivity index (χ1) is 8.70. The molecule has 1 heterocycles. The number of halogens is 2. The molecular weight excluding hydrogens is 255 g/mol. The summed E-state index contributed by atoms with van der Waals surface area (Å²) in [6, 6.07) is 6.53. The summed E-state index contributed by atoms with van der Waals surface area (Å²) in [6.07, 6.45) is 0.872. The van der Waals surface area contributed by atoms with Crippen LogP contribution in [0.4, 0.5) is 4.39 Å². The molecule has 1 aromatic carbocycles. The van der Waals surface area contributed by atoms with E-state index < -0.39 is 0 Å². The molecule has 0 bridgehead atoms. The average Bonchev–Trinajstić information content (AvgIpc) is 2.39. The van der Waals surface area contributed by atoms with E-state index in [0.29, 0.717) is 6.54 Å². The Morgan fingerprint density at radius 1 is 1.56 bits per heavy atom. The molecule has 1 fully saturated rings. The van der Waals surface area contributed by atoms with Crippen molar-refractivity contribution in [1.82, 2.24) is 10.6 Å². The zero-order chi connectivity index (χ0) is 13.0. The van der Waals surface area contributed by atoms with Crippen molar-refractivity contribution in [2.45, 2.75) is 18.4 Å². The maximum atomic E-state index is 13.3. The van der Waals surface area contributed by atoms with Crippen molar-refractivity contribution < 1.29 is 9.18 Å². The minimum atomic E-state index is -0.242. The van der Waals surface area contributed by atoms with E-state index in [1.54, 1.807) is 6.07 Å². The number of hydrogen-bond donors (Lipinski definition) is 2. The second kappa shape index (κ2) is 6.16. The Hall–Kier alpha value is -1.13. The van der Waals surface area contributed by atoms with Crippen molar-refractivity contribution in [2.24, 2.45) is 0 Å². The Bertz CT molecular complexity index is 427. The van der Waals surface area contributed by atoms with Gasteiger partial charge in [0.15, 0.2) is 0 Å². The van der Waals surface area contributed by atoms with Gasteiger partial charge in [-0.2, -0.15) is 0 Å². The van der Waals surface area contributed by atoms with Crippen LogP contribution < -0.4 is 10.6 Å². The van der Waals surface area contributed by atoms with E-state index in [9.17, 15) is 9.18 Å². The molecule has 0 radical (unpaired) electrons. The second-order valence-corrected chi connectivity index (χ2v) is 4.73. The largest absolute Gasteiger partial charge is 0.350 e. The highest BCUT2D eigenvalue weighted by molar-refractivity contribution is 6.27. The summed E-state index contributed by atoms with van der Waals surface area (Å²) >= 11 is 5.50. The molecule has 1 saturated heterocycles. The summed E-state index contributed by atoms with van der Waals surface area (Å²) in [4.78, 5) is 11.4. The van der Waals surface area contributed by atoms with Gasteiger partial charge in [-0.25, -0.2) is 4.39 Å². The topological polar surface area (TPSA) is 41.1 Å². The Labute approximate surface area is 111 Å². The molecule has 0 spiro atoms. The fourth-order valence-electron chi connectivity index (χ4n) is 2.39. The number of nitrogens with one attached hydrogen (secondary N) is 2. The van der Waals surface area contributed by atoms with Gasteiger partial charge in [0, 0.05) is 18.5 Å². The van der Waals surface area contributed by atoms with Crippen LogP contribution in [0.2, 0.25) is 0 Å². The Morgan fingerprint density at radius 3 is 3.11 bits per heavy atom. The summed E-state index contributed by atoms with van der Waals surface area (Å²) in [6.45, 7) is 1.55. The number of rotatable bonds is 3. The quantitative estimate of drug-likeness (QED) is 0.820. The molecule has 2 N–H and O–H groups in total. The van der Waals surface area contributed by atoms with Gasteiger partial charge in [0.1, 0.15) is 11.7 Å². The Balaban J connectivity index is 2.14. The molecule has 2 rings (SSSR count). The van der Waals surface area contributed by atoms with Gasteiger partial charge in [-0.15, -0.1) is 11.6 Å². The number of carbonyl (C=O) groups excluding carboxylic acids is 1. The maximum absolute atomic E-state index is 13.3. The van der Waals surface area contributed by atoms with E-state index in [4.69, 9.17) is 11.6 Å². The van der Waals surface area contributed by atoms with Gasteiger partial charge in [-0.3, -0.25) is 4.79 Å². The van der Waals surface area contributed by atoms with Crippen molar-refractivity contribution in [3.05, 3.63) is 35.6 Å². The molecule has 3 nitrogen and oxygen atoms in total. The molecule has 1 aromatic rings. The molecule has 1 aliphatic rings. The fraction of sp³-hybridized carbons (Fsp3) is 0.462. The Kier molecular flexibility index (Phi) is 4.55. The van der Waals surface area contributed by atoms with Gasteiger partial charge in [-0.1, -0.05) is 12.1 Å². The van der Waals surface area contributed by atoms with Gasteiger partial charge in [0.05, 0.1) is 0 Å². The molecule has 2 unspecified atom stereocenters. The van der Waals surface area contributed by atoms with E-state index in [1.807, 2.05) is 6.07 Å².